The molecular formula is C17H31N3O2. The SMILES string of the molecule is CCC1CCCCN1C(=O)C1CCN(C(=O)NC(C)C)CC1. The molecule has 1 N–H and O–H groups in total. The van der Waals surface area contributed by atoms with Crippen molar-refractivity contribution >= 4 is 11.9 Å². The highest BCUT2D eigenvalue weighted by Crippen LogP contribution is 2.26. The molecule has 0 saturated carbocycles. The van der Waals surface area contributed by atoms with Crippen LogP contribution in [0.5, 0.6) is 0 Å². The Balaban J connectivity index is 1.85. The van der Waals surface area contributed by atoms with Crippen molar-refractivity contribution in [2.24, 2.45) is 5.92 Å². The van der Waals surface area contributed by atoms with Crippen molar-refractivity contribution in [3.8, 4) is 0 Å². The van der Waals surface area contributed by atoms with Crippen molar-refractivity contribution in [1.82, 2.24) is 15.1 Å². The Morgan fingerprint density at radius 3 is 2.36 bits per heavy atom. The number of urea groups is 1. The molecule has 2 heterocycles. The summed E-state index contributed by atoms with van der Waals surface area (Å²) in [6.45, 7) is 8.42. The van der Waals surface area contributed by atoms with Crippen LogP contribution in [0.15, 0.2) is 0 Å². The third-order valence-electron chi connectivity index (χ3n) is 4.93. The van der Waals surface area contributed by atoms with Crippen LogP contribution in [-0.4, -0.2) is 53.5 Å². The van der Waals surface area contributed by atoms with Crippen LogP contribution in [0.2, 0.25) is 0 Å². The Bertz CT molecular complexity index is 389. The maximum absolute atomic E-state index is 12.8. The van der Waals surface area contributed by atoms with E-state index in [1.807, 2.05) is 18.7 Å². The van der Waals surface area contributed by atoms with E-state index in [0.29, 0.717) is 25.0 Å². The third-order valence-corrected chi connectivity index (χ3v) is 4.93. The summed E-state index contributed by atoms with van der Waals surface area (Å²) in [6, 6.07) is 0.597. The molecular weight excluding hydrogens is 278 g/mol. The standard InChI is InChI=1S/C17H31N3O2/c1-4-15-7-5-6-10-20(15)16(21)14-8-11-19(12-9-14)17(22)18-13(2)3/h13-15H,4-12H2,1-3H3,(H,18,22). The summed E-state index contributed by atoms with van der Waals surface area (Å²) in [6.07, 6.45) is 6.20. The first kappa shape index (κ1) is 17.1. The first-order valence-electron chi connectivity index (χ1n) is 8.88. The van der Waals surface area contributed by atoms with Crippen LogP contribution in [0.1, 0.15) is 59.3 Å². The number of nitrogens with one attached hydrogen (secondary N) is 1. The number of carbonyl (C=O) groups excluding carboxylic acids is 2. The predicted octanol–water partition coefficient (Wildman–Crippen LogP) is 2.61. The molecule has 2 rings (SSSR count). The molecule has 5 heteroatoms. The molecule has 0 aromatic rings. The minimum absolute atomic E-state index is 0.00491. The summed E-state index contributed by atoms with van der Waals surface area (Å²) >= 11 is 0. The van der Waals surface area contributed by atoms with Gasteiger partial charge in [-0.3, -0.25) is 4.79 Å². The quantitative estimate of drug-likeness (QED) is 0.871. The monoisotopic (exact) mass is 309 g/mol. The molecule has 0 radical (unpaired) electrons. The molecule has 3 amide bonds. The van der Waals surface area contributed by atoms with Gasteiger partial charge in [-0.2, -0.15) is 0 Å². The van der Waals surface area contributed by atoms with Gasteiger partial charge in [-0.1, -0.05) is 6.92 Å². The van der Waals surface area contributed by atoms with E-state index in [9.17, 15) is 9.59 Å². The molecule has 2 saturated heterocycles. The van der Waals surface area contributed by atoms with Crippen molar-refractivity contribution in [1.29, 1.82) is 0 Å². The van der Waals surface area contributed by atoms with Crippen LogP contribution in [0.25, 0.3) is 0 Å². The summed E-state index contributed by atoms with van der Waals surface area (Å²) in [4.78, 5) is 28.8. The maximum Gasteiger partial charge on any atom is 0.317 e. The van der Waals surface area contributed by atoms with E-state index in [2.05, 4.69) is 17.1 Å². The number of hydrogen-bond donors (Lipinski definition) is 1. The van der Waals surface area contributed by atoms with Crippen molar-refractivity contribution in [2.75, 3.05) is 19.6 Å². The molecule has 0 aromatic carbocycles. The van der Waals surface area contributed by atoms with Crippen LogP contribution in [0.3, 0.4) is 0 Å². The Kier molecular flexibility index (Phi) is 6.09. The van der Waals surface area contributed by atoms with Gasteiger partial charge in [0.15, 0.2) is 0 Å². The van der Waals surface area contributed by atoms with E-state index in [-0.39, 0.29) is 18.0 Å². The summed E-state index contributed by atoms with van der Waals surface area (Å²) in [5.74, 6) is 0.436. The van der Waals surface area contributed by atoms with E-state index in [0.717, 1.165) is 38.6 Å². The van der Waals surface area contributed by atoms with E-state index < -0.39 is 0 Å². The van der Waals surface area contributed by atoms with Gasteiger partial charge >= 0.3 is 6.03 Å². The van der Waals surface area contributed by atoms with Gasteiger partial charge in [0.05, 0.1) is 0 Å². The Hall–Kier alpha value is -1.26. The largest absolute Gasteiger partial charge is 0.339 e. The summed E-state index contributed by atoms with van der Waals surface area (Å²) in [7, 11) is 0. The normalized spacial score (nSPS) is 23.7. The average molecular weight is 309 g/mol. The molecule has 0 bridgehead atoms. The number of hydrogen-bond acceptors (Lipinski definition) is 2. The smallest absolute Gasteiger partial charge is 0.317 e. The maximum atomic E-state index is 12.8. The fraction of sp³-hybridized carbons (Fsp3) is 0.882. The van der Waals surface area contributed by atoms with Crippen molar-refractivity contribution in [3.05, 3.63) is 0 Å². The molecule has 2 aliphatic rings. The highest BCUT2D eigenvalue weighted by molar-refractivity contribution is 5.80. The molecule has 0 aromatic heterocycles. The van der Waals surface area contributed by atoms with Gasteiger partial charge in [-0.25, -0.2) is 4.79 Å². The fourth-order valence-corrected chi connectivity index (χ4v) is 3.62. The van der Waals surface area contributed by atoms with Crippen LogP contribution in [0, 0.1) is 5.92 Å². The number of carbonyl (C=O) groups is 2. The minimum atomic E-state index is 0.00491. The molecule has 5 nitrogen and oxygen atoms in total. The lowest BCUT2D eigenvalue weighted by atomic mass is 9.92. The third kappa shape index (κ3) is 4.14. The number of nitrogens with zero attached hydrogens (tertiary/aromatic N) is 2. The molecule has 1 atom stereocenters. The van der Waals surface area contributed by atoms with Crippen LogP contribution >= 0.6 is 0 Å². The van der Waals surface area contributed by atoms with E-state index in [4.69, 9.17) is 0 Å². The van der Waals surface area contributed by atoms with Crippen molar-refractivity contribution < 1.29 is 9.59 Å². The molecule has 2 fully saturated rings. The average Bonchev–Trinajstić information content (AvgIpc) is 2.53. The van der Waals surface area contributed by atoms with Crippen molar-refractivity contribution in [2.45, 2.75) is 71.4 Å². The van der Waals surface area contributed by atoms with Crippen LogP contribution < -0.4 is 5.32 Å². The van der Waals surface area contributed by atoms with Crippen molar-refractivity contribution in [3.63, 3.8) is 0 Å². The van der Waals surface area contributed by atoms with Gasteiger partial charge in [-0.05, 0) is 52.4 Å². The fourth-order valence-electron chi connectivity index (χ4n) is 3.62. The molecule has 1 unspecified atom stereocenters. The van der Waals surface area contributed by atoms with E-state index >= 15 is 0 Å². The van der Waals surface area contributed by atoms with E-state index in [1.165, 1.54) is 6.42 Å². The van der Waals surface area contributed by atoms with Gasteiger partial charge in [0.25, 0.3) is 0 Å². The number of rotatable bonds is 3. The molecule has 0 spiro atoms. The lowest BCUT2D eigenvalue weighted by molar-refractivity contribution is -0.140. The van der Waals surface area contributed by atoms with Gasteiger partial charge < -0.3 is 15.1 Å². The zero-order chi connectivity index (χ0) is 16.1. The first-order valence-corrected chi connectivity index (χ1v) is 8.88. The Morgan fingerprint density at radius 2 is 1.77 bits per heavy atom. The second-order valence-corrected chi connectivity index (χ2v) is 6.95. The number of amides is 3. The first-order chi connectivity index (χ1) is 10.5. The van der Waals surface area contributed by atoms with Gasteiger partial charge in [0.2, 0.25) is 5.91 Å². The van der Waals surface area contributed by atoms with Crippen LogP contribution in [0.4, 0.5) is 4.79 Å². The minimum Gasteiger partial charge on any atom is -0.339 e. The lowest BCUT2D eigenvalue weighted by Crippen LogP contribution is -2.51. The Labute approximate surface area is 134 Å². The molecule has 126 valence electrons. The zero-order valence-electron chi connectivity index (χ0n) is 14.3. The highest BCUT2D eigenvalue weighted by Gasteiger charge is 2.33. The van der Waals surface area contributed by atoms with Crippen LogP contribution in [-0.2, 0) is 4.79 Å². The predicted molar refractivity (Wildman–Crippen MR) is 87.6 cm³/mol. The molecule has 22 heavy (non-hydrogen) atoms. The second-order valence-electron chi connectivity index (χ2n) is 6.95. The summed E-state index contributed by atoms with van der Waals surface area (Å²) in [5.41, 5.74) is 0. The highest BCUT2D eigenvalue weighted by atomic mass is 16.2. The zero-order valence-corrected chi connectivity index (χ0v) is 14.3. The topological polar surface area (TPSA) is 52.7 Å². The molecule has 0 aliphatic carbocycles. The lowest BCUT2D eigenvalue weighted by Gasteiger charge is -2.39. The van der Waals surface area contributed by atoms with Gasteiger partial charge in [0, 0.05) is 37.6 Å². The number of likely N-dealkylation sites (tertiary alicyclic amines) is 2. The van der Waals surface area contributed by atoms with E-state index in [1.54, 1.807) is 0 Å². The molecule has 2 aliphatic heterocycles. The summed E-state index contributed by atoms with van der Waals surface area (Å²) in [5, 5.41) is 2.93. The number of piperidine rings is 2. The van der Waals surface area contributed by atoms with Gasteiger partial charge in [-0.15, -0.1) is 0 Å². The second kappa shape index (κ2) is 7.84. The van der Waals surface area contributed by atoms with Gasteiger partial charge in [0.1, 0.15) is 0 Å². The Morgan fingerprint density at radius 1 is 1.09 bits per heavy atom. The summed E-state index contributed by atoms with van der Waals surface area (Å²) < 4.78 is 0.